The number of amides is 2. The number of esters is 1. The quantitative estimate of drug-likeness (QED) is 0.707. The molecule has 0 aliphatic heterocycles. The lowest BCUT2D eigenvalue weighted by atomic mass is 10.4. The van der Waals surface area contributed by atoms with Crippen LogP contribution in [0.3, 0.4) is 0 Å². The van der Waals surface area contributed by atoms with Gasteiger partial charge in [0.2, 0.25) is 0 Å². The molecule has 0 heterocycles. The smallest absolute Gasteiger partial charge is 0.406 e. The number of carboxylic acid groups (broad SMARTS) is 1. The molecule has 0 radical (unpaired) electrons. The molecule has 0 bridgehead atoms. The highest BCUT2D eigenvalue weighted by atomic mass is 19.4. The number of carbonyl (C=O) groups is 3. The van der Waals surface area contributed by atoms with Gasteiger partial charge in [-0.25, -0.2) is 4.79 Å². The number of rotatable bonds is 7. The number of carbonyl (C=O) groups excluding carboxylic acids is 2. The van der Waals surface area contributed by atoms with Crippen molar-refractivity contribution in [3.63, 3.8) is 0 Å². The molecular weight excluding hydrogens is 297 g/mol. The summed E-state index contributed by atoms with van der Waals surface area (Å²) >= 11 is 0. The summed E-state index contributed by atoms with van der Waals surface area (Å²) in [7, 11) is 0. The maximum absolute atomic E-state index is 12.4. The van der Waals surface area contributed by atoms with E-state index in [1.54, 1.807) is 0 Å². The number of aliphatic carboxylic acids is 1. The van der Waals surface area contributed by atoms with E-state index in [2.05, 4.69) is 4.74 Å². The van der Waals surface area contributed by atoms with Gasteiger partial charge in [-0.15, -0.1) is 0 Å². The van der Waals surface area contributed by atoms with E-state index in [1.807, 2.05) is 0 Å². The lowest BCUT2D eigenvalue weighted by molar-refractivity contribution is -0.150. The van der Waals surface area contributed by atoms with E-state index in [4.69, 9.17) is 5.11 Å². The predicted octanol–water partition coefficient (Wildman–Crippen LogP) is 0.940. The van der Waals surface area contributed by atoms with E-state index in [9.17, 15) is 27.6 Å². The van der Waals surface area contributed by atoms with Crippen LogP contribution in [0.15, 0.2) is 0 Å². The van der Waals surface area contributed by atoms with Gasteiger partial charge in [0, 0.05) is 6.54 Å². The Morgan fingerprint density at radius 3 is 2.05 bits per heavy atom. The zero-order chi connectivity index (χ0) is 16.6. The minimum atomic E-state index is -4.74. The molecule has 122 valence electrons. The average Bonchev–Trinajstić information content (AvgIpc) is 2.32. The number of likely N-dealkylation sites (N-methyl/N-ethyl adjacent to an activating group) is 1. The Morgan fingerprint density at radius 1 is 1.10 bits per heavy atom. The molecule has 21 heavy (non-hydrogen) atoms. The summed E-state index contributed by atoms with van der Waals surface area (Å²) in [5.74, 6) is -2.37. The molecule has 0 spiro atoms. The Kier molecular flexibility index (Phi) is 7.53. The summed E-state index contributed by atoms with van der Waals surface area (Å²) in [5, 5.41) is 8.58. The first kappa shape index (κ1) is 19.0. The summed E-state index contributed by atoms with van der Waals surface area (Å²) < 4.78 is 41.7. The Hall–Kier alpha value is -2.00. The summed E-state index contributed by atoms with van der Waals surface area (Å²) in [5.41, 5.74) is 0. The molecule has 0 fully saturated rings. The van der Waals surface area contributed by atoms with Crippen molar-refractivity contribution in [1.82, 2.24) is 9.80 Å². The zero-order valence-corrected chi connectivity index (χ0v) is 11.6. The fourth-order valence-electron chi connectivity index (χ4n) is 1.45. The van der Waals surface area contributed by atoms with E-state index in [1.165, 1.54) is 13.8 Å². The van der Waals surface area contributed by atoms with Gasteiger partial charge in [-0.2, -0.15) is 13.2 Å². The van der Waals surface area contributed by atoms with Crippen molar-refractivity contribution in [2.45, 2.75) is 20.0 Å². The molecule has 0 saturated heterocycles. The number of nitrogens with zero attached hydrogens (tertiary/aromatic N) is 2. The molecule has 0 saturated carbocycles. The molecule has 7 nitrogen and oxygen atoms in total. The highest BCUT2D eigenvalue weighted by Crippen LogP contribution is 2.17. The van der Waals surface area contributed by atoms with E-state index < -0.39 is 43.8 Å². The lowest BCUT2D eigenvalue weighted by Gasteiger charge is -2.28. The van der Waals surface area contributed by atoms with Crippen LogP contribution in [0.25, 0.3) is 0 Å². The SMILES string of the molecule is CCOC(=O)CN(CC)C(=O)N(CC(=O)O)CC(F)(F)F. The predicted molar refractivity (Wildman–Crippen MR) is 64.5 cm³/mol. The van der Waals surface area contributed by atoms with Gasteiger partial charge < -0.3 is 19.6 Å². The summed E-state index contributed by atoms with van der Waals surface area (Å²) in [6.45, 7) is -0.385. The molecule has 0 aromatic heterocycles. The van der Waals surface area contributed by atoms with Crippen molar-refractivity contribution in [2.24, 2.45) is 0 Å². The Balaban J connectivity index is 4.95. The minimum Gasteiger partial charge on any atom is -0.480 e. The summed E-state index contributed by atoms with van der Waals surface area (Å²) in [6.07, 6.45) is -4.74. The molecule has 2 amide bonds. The van der Waals surface area contributed by atoms with Gasteiger partial charge in [0.25, 0.3) is 0 Å². The second-order valence-electron chi connectivity index (χ2n) is 3.97. The monoisotopic (exact) mass is 314 g/mol. The summed E-state index contributed by atoms with van der Waals surface area (Å²) in [6, 6.07) is -1.19. The molecule has 0 atom stereocenters. The largest absolute Gasteiger partial charge is 0.480 e. The second kappa shape index (κ2) is 8.32. The van der Waals surface area contributed by atoms with Crippen LogP contribution in [0.2, 0.25) is 0 Å². The standard InChI is InChI=1S/C11H17F3N2O5/c1-3-15(6-9(19)21-4-2)10(20)16(5-8(17)18)7-11(12,13)14/h3-7H2,1-2H3,(H,17,18). The highest BCUT2D eigenvalue weighted by Gasteiger charge is 2.35. The number of ether oxygens (including phenoxy) is 1. The van der Waals surface area contributed by atoms with E-state index in [0.29, 0.717) is 0 Å². The Bertz CT molecular complexity index is 387. The van der Waals surface area contributed by atoms with Gasteiger partial charge in [0.05, 0.1) is 6.61 Å². The van der Waals surface area contributed by atoms with Gasteiger partial charge in [-0.3, -0.25) is 9.59 Å². The van der Waals surface area contributed by atoms with Crippen molar-refractivity contribution in [2.75, 3.05) is 32.8 Å². The molecule has 0 aromatic rings. The van der Waals surface area contributed by atoms with Crippen molar-refractivity contribution >= 4 is 18.0 Å². The molecule has 1 N–H and O–H groups in total. The summed E-state index contributed by atoms with van der Waals surface area (Å²) in [4.78, 5) is 34.6. The number of halogens is 3. The number of hydrogen-bond acceptors (Lipinski definition) is 4. The van der Waals surface area contributed by atoms with Gasteiger partial charge in [-0.1, -0.05) is 0 Å². The average molecular weight is 314 g/mol. The van der Waals surface area contributed by atoms with Crippen LogP contribution in [-0.4, -0.2) is 71.8 Å². The van der Waals surface area contributed by atoms with E-state index in [0.717, 1.165) is 4.90 Å². The fourth-order valence-corrected chi connectivity index (χ4v) is 1.45. The fraction of sp³-hybridized carbons (Fsp3) is 0.727. The lowest BCUT2D eigenvalue weighted by Crippen LogP contribution is -2.50. The van der Waals surface area contributed by atoms with Crippen molar-refractivity contribution < 1.29 is 37.4 Å². The molecule has 0 aliphatic rings. The van der Waals surface area contributed by atoms with Crippen LogP contribution < -0.4 is 0 Å². The molecule has 10 heteroatoms. The van der Waals surface area contributed by atoms with E-state index >= 15 is 0 Å². The third-order valence-corrected chi connectivity index (χ3v) is 2.24. The minimum absolute atomic E-state index is 0.0615. The zero-order valence-electron chi connectivity index (χ0n) is 11.6. The van der Waals surface area contributed by atoms with Gasteiger partial charge in [-0.05, 0) is 13.8 Å². The third kappa shape index (κ3) is 8.00. The second-order valence-corrected chi connectivity index (χ2v) is 3.97. The van der Waals surface area contributed by atoms with Crippen LogP contribution in [0.5, 0.6) is 0 Å². The molecular formula is C11H17F3N2O5. The first-order chi connectivity index (χ1) is 9.60. The van der Waals surface area contributed by atoms with Gasteiger partial charge in [0.1, 0.15) is 19.6 Å². The van der Waals surface area contributed by atoms with Crippen LogP contribution in [0.1, 0.15) is 13.8 Å². The number of carboxylic acids is 1. The van der Waals surface area contributed by atoms with Crippen LogP contribution in [-0.2, 0) is 14.3 Å². The highest BCUT2D eigenvalue weighted by molar-refractivity contribution is 5.83. The molecule has 0 aliphatic carbocycles. The van der Waals surface area contributed by atoms with Crippen LogP contribution in [0, 0.1) is 0 Å². The topological polar surface area (TPSA) is 87.2 Å². The molecule has 0 rings (SSSR count). The normalized spacial score (nSPS) is 10.9. The van der Waals surface area contributed by atoms with Gasteiger partial charge in [0.15, 0.2) is 0 Å². The third-order valence-electron chi connectivity index (χ3n) is 2.24. The van der Waals surface area contributed by atoms with Crippen LogP contribution >= 0.6 is 0 Å². The molecule has 0 unspecified atom stereocenters. The Morgan fingerprint density at radius 2 is 1.67 bits per heavy atom. The van der Waals surface area contributed by atoms with Crippen molar-refractivity contribution in [3.8, 4) is 0 Å². The van der Waals surface area contributed by atoms with Crippen LogP contribution in [0.4, 0.5) is 18.0 Å². The number of urea groups is 1. The maximum Gasteiger partial charge on any atom is 0.406 e. The van der Waals surface area contributed by atoms with Crippen molar-refractivity contribution in [3.05, 3.63) is 0 Å². The molecule has 0 aromatic carbocycles. The van der Waals surface area contributed by atoms with E-state index in [-0.39, 0.29) is 18.1 Å². The van der Waals surface area contributed by atoms with Gasteiger partial charge >= 0.3 is 24.1 Å². The number of alkyl halides is 3. The number of hydrogen-bond donors (Lipinski definition) is 1. The van der Waals surface area contributed by atoms with Crippen molar-refractivity contribution in [1.29, 1.82) is 0 Å². The maximum atomic E-state index is 12.4. The first-order valence-corrected chi connectivity index (χ1v) is 6.08. The Labute approximate surface area is 119 Å². The first-order valence-electron chi connectivity index (χ1n) is 6.08.